The normalized spacial score (nSPS) is 18.9. The predicted molar refractivity (Wildman–Crippen MR) is 75.0 cm³/mol. The molecule has 0 N–H and O–H groups in total. The molecule has 1 saturated heterocycles. The summed E-state index contributed by atoms with van der Waals surface area (Å²) in [6, 6.07) is 9.73. The van der Waals surface area contributed by atoms with Crippen molar-refractivity contribution in [2.75, 3.05) is 20.1 Å². The fraction of sp³-hybridized carbons (Fsp3) is 0.533. The summed E-state index contributed by atoms with van der Waals surface area (Å²) in [7, 11) is 2.19. The van der Waals surface area contributed by atoms with Crippen LogP contribution in [0.4, 0.5) is 0 Å². The highest BCUT2D eigenvalue weighted by atomic mass is 16.6. The van der Waals surface area contributed by atoms with E-state index in [9.17, 15) is 0 Å². The molecule has 0 aromatic heterocycles. The van der Waals surface area contributed by atoms with Crippen molar-refractivity contribution in [2.45, 2.75) is 26.2 Å². The molecule has 0 unspecified atom stereocenters. The molecule has 0 radical (unpaired) electrons. The molecule has 0 bridgehead atoms. The van der Waals surface area contributed by atoms with Gasteiger partial charge in [0.25, 0.3) is 0 Å². The molecular formula is C15H22N2O. The van der Waals surface area contributed by atoms with Gasteiger partial charge in [-0.05, 0) is 64.4 Å². The Morgan fingerprint density at radius 1 is 1.28 bits per heavy atom. The van der Waals surface area contributed by atoms with E-state index in [2.05, 4.69) is 24.0 Å². The van der Waals surface area contributed by atoms with Gasteiger partial charge < -0.3 is 9.74 Å². The van der Waals surface area contributed by atoms with Crippen LogP contribution < -0.4 is 4.84 Å². The molecule has 0 saturated carbocycles. The first-order chi connectivity index (χ1) is 8.74. The third-order valence-electron chi connectivity index (χ3n) is 3.47. The number of hydrogen-bond donors (Lipinski definition) is 0. The lowest BCUT2D eigenvalue weighted by molar-refractivity contribution is 0.222. The highest BCUT2D eigenvalue weighted by molar-refractivity contribution is 5.81. The first-order valence-electron chi connectivity index (χ1n) is 6.68. The second kappa shape index (κ2) is 6.55. The minimum absolute atomic E-state index is 0.768. The number of rotatable bonds is 4. The van der Waals surface area contributed by atoms with Crippen LogP contribution in [-0.4, -0.2) is 30.7 Å². The Morgan fingerprint density at radius 2 is 1.94 bits per heavy atom. The number of oxime groups is 1. The molecule has 3 heteroatoms. The Balaban J connectivity index is 1.79. The lowest BCUT2D eigenvalue weighted by Crippen LogP contribution is -2.30. The summed E-state index contributed by atoms with van der Waals surface area (Å²) in [6.07, 6.45) is 3.60. The molecule has 2 rings (SSSR count). The minimum atomic E-state index is 0.768. The zero-order chi connectivity index (χ0) is 12.8. The van der Waals surface area contributed by atoms with E-state index < -0.39 is 0 Å². The van der Waals surface area contributed by atoms with E-state index in [1.165, 1.54) is 25.9 Å². The molecule has 1 heterocycles. The number of piperidine rings is 1. The quantitative estimate of drug-likeness (QED) is 0.602. The Labute approximate surface area is 109 Å². The topological polar surface area (TPSA) is 24.8 Å². The van der Waals surface area contributed by atoms with Crippen LogP contribution in [-0.2, 0) is 0 Å². The Bertz CT molecular complexity index is 381. The number of hydrogen-bond acceptors (Lipinski definition) is 3. The molecular weight excluding hydrogens is 224 g/mol. The first-order valence-corrected chi connectivity index (χ1v) is 6.68. The number of para-hydroxylation sites is 1. The molecule has 1 aromatic carbocycles. The Kier molecular flexibility index (Phi) is 4.76. The van der Waals surface area contributed by atoms with Crippen molar-refractivity contribution in [2.24, 2.45) is 11.1 Å². The van der Waals surface area contributed by atoms with Crippen molar-refractivity contribution < 1.29 is 4.84 Å². The fourth-order valence-corrected chi connectivity index (χ4v) is 2.33. The standard InChI is InChI=1S/C15H22N2O/c1-13(12-14-8-10-17(2)11-9-14)16-18-15-6-4-3-5-7-15/h3-7,14H,8-12H2,1-2H3/b16-13+. The van der Waals surface area contributed by atoms with Crippen LogP contribution in [0.1, 0.15) is 26.2 Å². The maximum Gasteiger partial charge on any atom is 0.157 e. The summed E-state index contributed by atoms with van der Waals surface area (Å²) in [5, 5.41) is 4.21. The van der Waals surface area contributed by atoms with Crippen molar-refractivity contribution in [1.82, 2.24) is 4.90 Å². The van der Waals surface area contributed by atoms with E-state index in [1.807, 2.05) is 30.3 Å². The molecule has 1 aromatic rings. The summed E-state index contributed by atoms with van der Waals surface area (Å²) in [5.41, 5.74) is 1.09. The molecule has 18 heavy (non-hydrogen) atoms. The van der Waals surface area contributed by atoms with E-state index in [1.54, 1.807) is 0 Å². The largest absolute Gasteiger partial charge is 0.357 e. The van der Waals surface area contributed by atoms with Crippen molar-refractivity contribution in [3.8, 4) is 5.75 Å². The molecule has 98 valence electrons. The maximum absolute atomic E-state index is 5.41. The molecule has 1 aliphatic rings. The van der Waals surface area contributed by atoms with E-state index >= 15 is 0 Å². The van der Waals surface area contributed by atoms with Crippen LogP contribution in [0.3, 0.4) is 0 Å². The molecule has 0 spiro atoms. The summed E-state index contributed by atoms with van der Waals surface area (Å²) in [6.45, 7) is 4.47. The van der Waals surface area contributed by atoms with Crippen LogP contribution in [0.15, 0.2) is 35.5 Å². The summed E-state index contributed by atoms with van der Waals surface area (Å²) < 4.78 is 0. The van der Waals surface area contributed by atoms with Crippen molar-refractivity contribution in [3.63, 3.8) is 0 Å². The predicted octanol–water partition coefficient (Wildman–Crippen LogP) is 3.17. The summed E-state index contributed by atoms with van der Waals surface area (Å²) in [5.74, 6) is 1.57. The number of nitrogens with zero attached hydrogens (tertiary/aromatic N) is 2. The van der Waals surface area contributed by atoms with Gasteiger partial charge in [-0.2, -0.15) is 0 Å². The minimum Gasteiger partial charge on any atom is -0.357 e. The SMILES string of the molecule is C/C(CC1CCN(C)CC1)=N\Oc1ccccc1. The lowest BCUT2D eigenvalue weighted by Gasteiger charge is -2.28. The van der Waals surface area contributed by atoms with E-state index in [-0.39, 0.29) is 0 Å². The zero-order valence-corrected chi connectivity index (χ0v) is 11.3. The van der Waals surface area contributed by atoms with Crippen LogP contribution in [0.2, 0.25) is 0 Å². The van der Waals surface area contributed by atoms with E-state index in [0.29, 0.717) is 0 Å². The molecule has 0 atom stereocenters. The molecule has 0 amide bonds. The lowest BCUT2D eigenvalue weighted by atomic mass is 9.92. The third-order valence-corrected chi connectivity index (χ3v) is 3.47. The van der Waals surface area contributed by atoms with Crippen LogP contribution in [0.25, 0.3) is 0 Å². The van der Waals surface area contributed by atoms with Crippen molar-refractivity contribution in [1.29, 1.82) is 0 Å². The van der Waals surface area contributed by atoms with Gasteiger partial charge in [0, 0.05) is 0 Å². The van der Waals surface area contributed by atoms with Crippen molar-refractivity contribution >= 4 is 5.71 Å². The highest BCUT2D eigenvalue weighted by Crippen LogP contribution is 2.20. The Morgan fingerprint density at radius 3 is 2.61 bits per heavy atom. The molecule has 1 fully saturated rings. The fourth-order valence-electron chi connectivity index (χ4n) is 2.33. The molecule has 3 nitrogen and oxygen atoms in total. The number of benzene rings is 1. The maximum atomic E-state index is 5.41. The van der Waals surface area contributed by atoms with Gasteiger partial charge in [0.15, 0.2) is 5.75 Å². The van der Waals surface area contributed by atoms with E-state index in [4.69, 9.17) is 4.84 Å². The van der Waals surface area contributed by atoms with E-state index in [0.717, 1.165) is 23.8 Å². The average molecular weight is 246 g/mol. The smallest absolute Gasteiger partial charge is 0.157 e. The molecule has 1 aliphatic heterocycles. The van der Waals surface area contributed by atoms with Gasteiger partial charge in [-0.15, -0.1) is 0 Å². The monoisotopic (exact) mass is 246 g/mol. The summed E-state index contributed by atoms with van der Waals surface area (Å²) in [4.78, 5) is 7.80. The van der Waals surface area contributed by atoms with Crippen molar-refractivity contribution in [3.05, 3.63) is 30.3 Å². The van der Waals surface area contributed by atoms with Crippen LogP contribution in [0.5, 0.6) is 5.75 Å². The highest BCUT2D eigenvalue weighted by Gasteiger charge is 2.17. The third kappa shape index (κ3) is 4.15. The second-order valence-electron chi connectivity index (χ2n) is 5.18. The van der Waals surface area contributed by atoms with Gasteiger partial charge in [0.05, 0.1) is 5.71 Å². The first kappa shape index (κ1) is 13.1. The van der Waals surface area contributed by atoms with Crippen LogP contribution in [0, 0.1) is 5.92 Å². The number of likely N-dealkylation sites (tertiary alicyclic amines) is 1. The van der Waals surface area contributed by atoms with Gasteiger partial charge in [-0.1, -0.05) is 23.4 Å². The van der Waals surface area contributed by atoms with Gasteiger partial charge in [-0.25, -0.2) is 0 Å². The molecule has 0 aliphatic carbocycles. The van der Waals surface area contributed by atoms with Gasteiger partial charge in [-0.3, -0.25) is 0 Å². The average Bonchev–Trinajstić information content (AvgIpc) is 2.40. The van der Waals surface area contributed by atoms with Gasteiger partial charge in [0.1, 0.15) is 0 Å². The second-order valence-corrected chi connectivity index (χ2v) is 5.18. The zero-order valence-electron chi connectivity index (χ0n) is 11.3. The van der Waals surface area contributed by atoms with Crippen LogP contribution >= 0.6 is 0 Å². The van der Waals surface area contributed by atoms with Gasteiger partial charge in [0.2, 0.25) is 0 Å². The summed E-state index contributed by atoms with van der Waals surface area (Å²) >= 11 is 0. The van der Waals surface area contributed by atoms with Gasteiger partial charge >= 0.3 is 0 Å². The Hall–Kier alpha value is -1.35.